The number of carbonyl (C=O) groups excluding carboxylic acids is 1. The molecule has 0 saturated carbocycles. The smallest absolute Gasteiger partial charge is 0.225 e. The second-order valence-corrected chi connectivity index (χ2v) is 6.62. The molecule has 1 atom stereocenters. The van der Waals surface area contributed by atoms with E-state index in [2.05, 4.69) is 15.3 Å². The van der Waals surface area contributed by atoms with Gasteiger partial charge in [0.15, 0.2) is 5.82 Å². The van der Waals surface area contributed by atoms with Gasteiger partial charge in [-0.1, -0.05) is 6.07 Å². The van der Waals surface area contributed by atoms with Crippen molar-refractivity contribution in [2.75, 3.05) is 6.61 Å². The first kappa shape index (κ1) is 15.1. The molecule has 0 spiro atoms. The lowest BCUT2D eigenvalue weighted by atomic mass is 10.0. The number of hydrogen-bond acceptors (Lipinski definition) is 5. The number of ether oxygens (including phenoxy) is 1. The Morgan fingerprint density at radius 2 is 2.41 bits per heavy atom. The summed E-state index contributed by atoms with van der Waals surface area (Å²) in [7, 11) is 0. The Morgan fingerprint density at radius 1 is 1.50 bits per heavy atom. The number of thiophene rings is 1. The third-order valence-electron chi connectivity index (χ3n) is 3.79. The summed E-state index contributed by atoms with van der Waals surface area (Å²) >= 11 is 1.59. The number of rotatable bonds is 5. The van der Waals surface area contributed by atoms with Crippen molar-refractivity contribution in [3.63, 3.8) is 0 Å². The molecule has 22 heavy (non-hydrogen) atoms. The molecule has 3 rings (SSSR count). The topological polar surface area (TPSA) is 64.1 Å². The van der Waals surface area contributed by atoms with Crippen LogP contribution in [0.5, 0.6) is 0 Å². The molecule has 1 aliphatic rings. The van der Waals surface area contributed by atoms with E-state index in [1.165, 1.54) is 0 Å². The quantitative estimate of drug-likeness (QED) is 0.920. The Morgan fingerprint density at radius 3 is 3.14 bits per heavy atom. The third-order valence-corrected chi connectivity index (χ3v) is 4.66. The minimum atomic E-state index is -0.392. The van der Waals surface area contributed by atoms with Crippen LogP contribution in [0.1, 0.15) is 36.2 Å². The van der Waals surface area contributed by atoms with Crippen molar-refractivity contribution < 1.29 is 9.53 Å². The van der Waals surface area contributed by atoms with Gasteiger partial charge in [-0.3, -0.25) is 4.79 Å². The molecule has 1 N–H and O–H groups in total. The summed E-state index contributed by atoms with van der Waals surface area (Å²) in [5, 5.41) is 4.88. The molecule has 1 saturated heterocycles. The summed E-state index contributed by atoms with van der Waals surface area (Å²) in [6, 6.07) is 5.74. The maximum absolute atomic E-state index is 11.9. The van der Waals surface area contributed by atoms with Gasteiger partial charge in [0, 0.05) is 17.7 Å². The zero-order valence-corrected chi connectivity index (χ0v) is 13.4. The van der Waals surface area contributed by atoms with Crippen molar-refractivity contribution >= 4 is 17.2 Å². The monoisotopic (exact) mass is 317 g/mol. The molecule has 116 valence electrons. The first-order valence-corrected chi connectivity index (χ1v) is 8.29. The van der Waals surface area contributed by atoms with E-state index in [-0.39, 0.29) is 5.91 Å². The van der Waals surface area contributed by atoms with E-state index in [0.717, 1.165) is 30.0 Å². The van der Waals surface area contributed by atoms with Gasteiger partial charge in [0.1, 0.15) is 5.60 Å². The lowest BCUT2D eigenvalue weighted by Gasteiger charge is -2.21. The van der Waals surface area contributed by atoms with Crippen molar-refractivity contribution in [1.82, 2.24) is 15.3 Å². The highest BCUT2D eigenvalue weighted by atomic mass is 32.1. The fraction of sp³-hybridized carbons (Fsp3) is 0.438. The summed E-state index contributed by atoms with van der Waals surface area (Å²) in [6.07, 6.45) is 4.11. The number of nitrogens with zero attached hydrogens (tertiary/aromatic N) is 2. The summed E-state index contributed by atoms with van der Waals surface area (Å²) in [4.78, 5) is 21.9. The van der Waals surface area contributed by atoms with E-state index in [0.29, 0.717) is 18.8 Å². The third kappa shape index (κ3) is 3.51. The predicted octanol–water partition coefficient (Wildman–Crippen LogP) is 2.42. The second kappa shape index (κ2) is 6.54. The van der Waals surface area contributed by atoms with E-state index < -0.39 is 5.60 Å². The van der Waals surface area contributed by atoms with E-state index in [4.69, 9.17) is 4.74 Å². The summed E-state index contributed by atoms with van der Waals surface area (Å²) in [5.41, 5.74) is 0.415. The average Bonchev–Trinajstić information content (AvgIpc) is 3.18. The number of aromatic nitrogens is 2. The van der Waals surface area contributed by atoms with Gasteiger partial charge in [-0.05, 0) is 37.3 Å². The van der Waals surface area contributed by atoms with Crippen LogP contribution in [-0.4, -0.2) is 22.5 Å². The zero-order valence-electron chi connectivity index (χ0n) is 12.5. The van der Waals surface area contributed by atoms with Gasteiger partial charge >= 0.3 is 0 Å². The fourth-order valence-corrected chi connectivity index (χ4v) is 3.23. The maximum Gasteiger partial charge on any atom is 0.225 e. The highest BCUT2D eigenvalue weighted by Gasteiger charge is 2.34. The van der Waals surface area contributed by atoms with Gasteiger partial charge in [-0.15, -0.1) is 11.3 Å². The molecule has 0 bridgehead atoms. The molecule has 3 heterocycles. The lowest BCUT2D eigenvalue weighted by molar-refractivity contribution is -0.120. The molecule has 2 aromatic heterocycles. The molecule has 0 aliphatic carbocycles. The first-order valence-electron chi connectivity index (χ1n) is 7.41. The lowest BCUT2D eigenvalue weighted by Crippen LogP contribution is -2.27. The number of hydrogen-bond donors (Lipinski definition) is 1. The van der Waals surface area contributed by atoms with Crippen LogP contribution in [0.15, 0.2) is 29.8 Å². The van der Waals surface area contributed by atoms with Crippen LogP contribution >= 0.6 is 11.3 Å². The summed E-state index contributed by atoms with van der Waals surface area (Å²) < 4.78 is 5.77. The minimum Gasteiger partial charge on any atom is -0.367 e. The molecule has 1 unspecified atom stereocenters. The standard InChI is InChI=1S/C16H19N3O2S/c1-16(6-3-8-21-16)15-17-7-5-12(19-15)11-18-14(20)10-13-4-2-9-22-13/h2,4-5,7,9H,3,6,8,10-11H2,1H3,(H,18,20). The SMILES string of the molecule is CC1(c2nccc(CNC(=O)Cc3cccs3)n2)CCCO1. The second-order valence-electron chi connectivity index (χ2n) is 5.59. The van der Waals surface area contributed by atoms with Crippen LogP contribution in [0.4, 0.5) is 0 Å². The van der Waals surface area contributed by atoms with Gasteiger partial charge in [0.25, 0.3) is 0 Å². The molecular weight excluding hydrogens is 298 g/mol. The molecule has 1 amide bonds. The van der Waals surface area contributed by atoms with Gasteiger partial charge in [0.2, 0.25) is 5.91 Å². The Balaban J connectivity index is 1.60. The Kier molecular flexibility index (Phi) is 4.49. The number of amides is 1. The van der Waals surface area contributed by atoms with Crippen molar-refractivity contribution in [2.24, 2.45) is 0 Å². The molecule has 0 radical (unpaired) electrons. The van der Waals surface area contributed by atoms with Crippen molar-refractivity contribution in [2.45, 2.75) is 38.3 Å². The number of nitrogens with one attached hydrogen (secondary N) is 1. The fourth-order valence-electron chi connectivity index (χ4n) is 2.53. The van der Waals surface area contributed by atoms with Crippen LogP contribution in [0.3, 0.4) is 0 Å². The molecule has 6 heteroatoms. The van der Waals surface area contributed by atoms with Crippen LogP contribution in [0, 0.1) is 0 Å². The van der Waals surface area contributed by atoms with E-state index >= 15 is 0 Å². The Hall–Kier alpha value is -1.79. The molecule has 0 aromatic carbocycles. The van der Waals surface area contributed by atoms with Crippen LogP contribution in [0.25, 0.3) is 0 Å². The minimum absolute atomic E-state index is 0.00550. The van der Waals surface area contributed by atoms with Gasteiger partial charge in [-0.25, -0.2) is 9.97 Å². The molecular formula is C16H19N3O2S. The van der Waals surface area contributed by atoms with Crippen molar-refractivity contribution in [1.29, 1.82) is 0 Å². The van der Waals surface area contributed by atoms with Gasteiger partial charge in [0.05, 0.1) is 18.7 Å². The maximum atomic E-state index is 11.9. The largest absolute Gasteiger partial charge is 0.367 e. The highest BCUT2D eigenvalue weighted by Crippen LogP contribution is 2.33. The number of carbonyl (C=O) groups is 1. The van der Waals surface area contributed by atoms with E-state index in [1.807, 2.05) is 30.5 Å². The predicted molar refractivity (Wildman–Crippen MR) is 84.4 cm³/mol. The van der Waals surface area contributed by atoms with Crippen LogP contribution < -0.4 is 5.32 Å². The average molecular weight is 317 g/mol. The normalized spacial score (nSPS) is 21.0. The first-order chi connectivity index (χ1) is 10.7. The van der Waals surface area contributed by atoms with Crippen molar-refractivity contribution in [3.05, 3.63) is 46.2 Å². The molecule has 2 aromatic rings. The van der Waals surface area contributed by atoms with Crippen LogP contribution in [-0.2, 0) is 28.1 Å². The molecule has 1 aliphatic heterocycles. The van der Waals surface area contributed by atoms with Crippen LogP contribution in [0.2, 0.25) is 0 Å². The highest BCUT2D eigenvalue weighted by molar-refractivity contribution is 7.10. The Bertz CT molecular complexity index is 637. The van der Waals surface area contributed by atoms with Gasteiger partial charge in [-0.2, -0.15) is 0 Å². The molecule has 1 fully saturated rings. The van der Waals surface area contributed by atoms with E-state index in [9.17, 15) is 4.79 Å². The molecule has 5 nitrogen and oxygen atoms in total. The van der Waals surface area contributed by atoms with Crippen molar-refractivity contribution in [3.8, 4) is 0 Å². The Labute approximate surface area is 133 Å². The van der Waals surface area contributed by atoms with Gasteiger partial charge < -0.3 is 10.1 Å². The van der Waals surface area contributed by atoms with E-state index in [1.54, 1.807) is 17.5 Å². The summed E-state index contributed by atoms with van der Waals surface area (Å²) in [5.74, 6) is 0.709. The summed E-state index contributed by atoms with van der Waals surface area (Å²) in [6.45, 7) is 3.19. The zero-order chi connectivity index (χ0) is 15.4.